The second-order valence-electron chi connectivity index (χ2n) is 8.89. The van der Waals surface area contributed by atoms with Crippen LogP contribution in [0.15, 0.2) is 47.7 Å². The van der Waals surface area contributed by atoms with E-state index in [-0.39, 0.29) is 42.1 Å². The summed E-state index contributed by atoms with van der Waals surface area (Å²) in [6, 6.07) is 10.7. The van der Waals surface area contributed by atoms with Crippen molar-refractivity contribution in [2.75, 3.05) is 32.8 Å². The van der Waals surface area contributed by atoms with Crippen molar-refractivity contribution in [3.8, 4) is 0 Å². The van der Waals surface area contributed by atoms with Crippen molar-refractivity contribution in [2.24, 2.45) is 12.0 Å². The van der Waals surface area contributed by atoms with Crippen molar-refractivity contribution in [3.05, 3.63) is 53.9 Å². The maximum absolute atomic E-state index is 10.9. The normalized spacial score (nSPS) is 18.6. The summed E-state index contributed by atoms with van der Waals surface area (Å²) in [4.78, 5) is 4.67. The van der Waals surface area contributed by atoms with Gasteiger partial charge in [-0.25, -0.2) is 4.99 Å². The Hall–Kier alpha value is -1.69. The molecule has 184 valence electrons. The minimum atomic E-state index is -1.09. The Morgan fingerprint density at radius 3 is 2.58 bits per heavy atom. The molecule has 2 atom stereocenters. The average molecular weight is 571 g/mol. The standard InChI is InChI=1S/C24H38N6O2.HI/c1-5-25-22(26-17-23(3,31)21-15-28-30(4)16-21)27-18-24(11-13-32-14-12-24)29-19(2)20-9-7-6-8-10-20;/h6-10,15-16,19,29,31H,5,11-14,17-18H2,1-4H3,(H2,25,26,27);1H. The van der Waals surface area contributed by atoms with E-state index in [4.69, 9.17) is 4.74 Å². The van der Waals surface area contributed by atoms with Crippen LogP contribution < -0.4 is 16.0 Å². The molecule has 1 aromatic carbocycles. The van der Waals surface area contributed by atoms with Crippen LogP contribution in [0.1, 0.15) is 50.8 Å². The number of aryl methyl sites for hydroxylation is 1. The Labute approximate surface area is 214 Å². The largest absolute Gasteiger partial charge is 0.383 e. The van der Waals surface area contributed by atoms with Crippen molar-refractivity contribution < 1.29 is 9.84 Å². The zero-order valence-corrected chi connectivity index (χ0v) is 22.5. The van der Waals surface area contributed by atoms with Gasteiger partial charge in [0.25, 0.3) is 0 Å². The highest BCUT2D eigenvalue weighted by molar-refractivity contribution is 14.0. The quantitative estimate of drug-likeness (QED) is 0.211. The SMILES string of the molecule is CCNC(=NCC(C)(O)c1cnn(C)c1)NCC1(NC(C)c2ccccc2)CCOCC1.I. The number of nitrogens with zero attached hydrogens (tertiary/aromatic N) is 3. The van der Waals surface area contributed by atoms with Crippen molar-refractivity contribution >= 4 is 29.9 Å². The maximum Gasteiger partial charge on any atom is 0.191 e. The van der Waals surface area contributed by atoms with Gasteiger partial charge in [0.2, 0.25) is 0 Å². The van der Waals surface area contributed by atoms with Crippen LogP contribution in [0.4, 0.5) is 0 Å². The molecule has 0 spiro atoms. The first kappa shape index (κ1) is 27.6. The summed E-state index contributed by atoms with van der Waals surface area (Å²) in [6.45, 7) is 9.17. The van der Waals surface area contributed by atoms with Gasteiger partial charge in [-0.05, 0) is 39.2 Å². The van der Waals surface area contributed by atoms with Crippen molar-refractivity contribution in [2.45, 2.75) is 50.8 Å². The predicted molar refractivity (Wildman–Crippen MR) is 143 cm³/mol. The minimum Gasteiger partial charge on any atom is -0.383 e. The topological polar surface area (TPSA) is 95.7 Å². The molecular formula is C24H39IN6O2. The summed E-state index contributed by atoms with van der Waals surface area (Å²) >= 11 is 0. The van der Waals surface area contributed by atoms with Crippen LogP contribution >= 0.6 is 24.0 Å². The van der Waals surface area contributed by atoms with Crippen LogP contribution in [0.3, 0.4) is 0 Å². The highest BCUT2D eigenvalue weighted by Gasteiger charge is 2.34. The van der Waals surface area contributed by atoms with Crippen molar-refractivity contribution in [3.63, 3.8) is 0 Å². The Kier molecular flexibility index (Phi) is 10.6. The minimum absolute atomic E-state index is 0. The van der Waals surface area contributed by atoms with E-state index in [1.165, 1.54) is 5.56 Å². The molecule has 8 nitrogen and oxygen atoms in total. The second kappa shape index (κ2) is 12.7. The van der Waals surface area contributed by atoms with Crippen LogP contribution in [-0.2, 0) is 17.4 Å². The van der Waals surface area contributed by atoms with E-state index in [1.807, 2.05) is 26.2 Å². The molecule has 0 aliphatic carbocycles. The first-order valence-corrected chi connectivity index (χ1v) is 11.5. The van der Waals surface area contributed by atoms with E-state index in [2.05, 4.69) is 57.2 Å². The van der Waals surface area contributed by atoms with Crippen LogP contribution in [0.5, 0.6) is 0 Å². The fourth-order valence-corrected chi connectivity index (χ4v) is 4.04. The van der Waals surface area contributed by atoms with Crippen LogP contribution in [0.25, 0.3) is 0 Å². The van der Waals surface area contributed by atoms with Gasteiger partial charge in [-0.2, -0.15) is 5.10 Å². The zero-order valence-electron chi connectivity index (χ0n) is 20.2. The number of nitrogens with one attached hydrogen (secondary N) is 3. The number of benzene rings is 1. The molecule has 1 aromatic heterocycles. The molecule has 2 heterocycles. The molecule has 0 amide bonds. The van der Waals surface area contributed by atoms with Gasteiger partial charge in [0.1, 0.15) is 5.60 Å². The number of aromatic nitrogens is 2. The van der Waals surface area contributed by atoms with E-state index in [0.717, 1.165) is 38.2 Å². The number of hydrogen-bond acceptors (Lipinski definition) is 5. The first-order chi connectivity index (χ1) is 15.3. The van der Waals surface area contributed by atoms with Crippen LogP contribution in [0.2, 0.25) is 0 Å². The monoisotopic (exact) mass is 570 g/mol. The molecule has 2 aromatic rings. The third-order valence-electron chi connectivity index (χ3n) is 6.08. The Bertz CT molecular complexity index is 865. The molecule has 9 heteroatoms. The predicted octanol–water partition coefficient (Wildman–Crippen LogP) is 2.70. The fourth-order valence-electron chi connectivity index (χ4n) is 4.04. The number of rotatable bonds is 9. The Balaban J connectivity index is 0.00000385. The van der Waals surface area contributed by atoms with Gasteiger partial charge in [0, 0.05) is 56.7 Å². The van der Waals surface area contributed by atoms with Gasteiger partial charge in [-0.1, -0.05) is 30.3 Å². The molecule has 1 saturated heterocycles. The van der Waals surface area contributed by atoms with E-state index in [9.17, 15) is 5.11 Å². The van der Waals surface area contributed by atoms with Gasteiger partial charge in [0.05, 0.1) is 12.7 Å². The summed E-state index contributed by atoms with van der Waals surface area (Å²) in [5.41, 5.74) is 0.827. The smallest absolute Gasteiger partial charge is 0.191 e. The number of hydrogen-bond donors (Lipinski definition) is 4. The van der Waals surface area contributed by atoms with Crippen molar-refractivity contribution in [1.29, 1.82) is 0 Å². The molecule has 3 rings (SSSR count). The van der Waals surface area contributed by atoms with E-state index in [1.54, 1.807) is 17.8 Å². The Morgan fingerprint density at radius 1 is 1.27 bits per heavy atom. The third-order valence-corrected chi connectivity index (χ3v) is 6.08. The van der Waals surface area contributed by atoms with E-state index in [0.29, 0.717) is 12.5 Å². The lowest BCUT2D eigenvalue weighted by atomic mass is 9.88. The number of halogens is 1. The van der Waals surface area contributed by atoms with E-state index >= 15 is 0 Å². The highest BCUT2D eigenvalue weighted by atomic mass is 127. The molecule has 0 bridgehead atoms. The van der Waals surface area contributed by atoms with Crippen molar-refractivity contribution in [1.82, 2.24) is 25.7 Å². The summed E-state index contributed by atoms with van der Waals surface area (Å²) < 4.78 is 7.34. The average Bonchev–Trinajstić information content (AvgIpc) is 3.24. The molecule has 4 N–H and O–H groups in total. The molecule has 1 fully saturated rings. The molecule has 33 heavy (non-hydrogen) atoms. The van der Waals surface area contributed by atoms with E-state index < -0.39 is 5.60 Å². The summed E-state index contributed by atoms with van der Waals surface area (Å²) in [7, 11) is 1.84. The van der Waals surface area contributed by atoms with Gasteiger partial charge in [0.15, 0.2) is 5.96 Å². The number of ether oxygens (including phenoxy) is 1. The van der Waals surface area contributed by atoms with Gasteiger partial charge < -0.3 is 25.8 Å². The maximum atomic E-state index is 10.9. The molecule has 0 radical (unpaired) electrons. The number of guanidine groups is 1. The molecule has 1 aliphatic rings. The van der Waals surface area contributed by atoms with Gasteiger partial charge in [-0.3, -0.25) is 4.68 Å². The summed E-state index contributed by atoms with van der Waals surface area (Å²) in [5, 5.41) is 25.7. The first-order valence-electron chi connectivity index (χ1n) is 11.5. The number of aliphatic imine (C=N–C) groups is 1. The lowest BCUT2D eigenvalue weighted by Crippen LogP contribution is -2.58. The molecule has 2 unspecified atom stereocenters. The molecule has 1 aliphatic heterocycles. The number of aliphatic hydroxyl groups is 1. The lowest BCUT2D eigenvalue weighted by molar-refractivity contribution is 0.0354. The summed E-state index contributed by atoms with van der Waals surface area (Å²) in [6.07, 6.45) is 5.34. The Morgan fingerprint density at radius 2 is 1.97 bits per heavy atom. The van der Waals surface area contributed by atoms with Crippen LogP contribution in [0, 0.1) is 0 Å². The van der Waals surface area contributed by atoms with Gasteiger partial charge in [-0.15, -0.1) is 24.0 Å². The summed E-state index contributed by atoms with van der Waals surface area (Å²) in [5.74, 6) is 0.691. The second-order valence-corrected chi connectivity index (χ2v) is 8.89. The third kappa shape index (κ3) is 7.94. The molecule has 0 saturated carbocycles. The fraction of sp³-hybridized carbons (Fsp3) is 0.583. The van der Waals surface area contributed by atoms with Gasteiger partial charge >= 0.3 is 0 Å². The highest BCUT2D eigenvalue weighted by Crippen LogP contribution is 2.25. The van der Waals surface area contributed by atoms with Crippen LogP contribution in [-0.4, -0.2) is 59.2 Å². The zero-order chi connectivity index (χ0) is 23.0. The molecular weight excluding hydrogens is 531 g/mol. The lowest BCUT2D eigenvalue weighted by Gasteiger charge is -2.41.